The molecule has 0 radical (unpaired) electrons. The number of hydrogen-bond acceptors (Lipinski definition) is 21. The van der Waals surface area contributed by atoms with Crippen LogP contribution >= 0.6 is 0 Å². The predicted octanol–water partition coefficient (Wildman–Crippen LogP) is -0.924. The first kappa shape index (κ1) is 57.6. The first-order valence-corrected chi connectivity index (χ1v) is 27.2. The SMILES string of the molecule is C[C@@H]1O[C@@H](O[C@H]2[C@H](O[C@H]3CO[C@@H](O[C@H]4CC[C@]5(C)[C@H]6CC=C7[C@@H]8CC(C)(C)CC[C@]8(CO)[C@H](O)C[C@@]7(C)[C@]6(C)CC[C@H]5C4(C)C)[C@H](O[C@@H]4O[C@H](CO)[C@@H](O)[C@H](O)[C@H]4O)[C@H]3O)O[C@H](CO)[C@@H](O)[C@@H]2O)C(O)C(O)C1O. The number of fused-ring (bicyclic) bond motifs is 7. The monoisotopic (exact) mass is 1060 g/mol. The largest absolute Gasteiger partial charge is 0.396 e. The Morgan fingerprint density at radius 2 is 1.16 bits per heavy atom. The molecule has 21 heteroatoms. The molecule has 0 spiro atoms. The zero-order valence-electron chi connectivity index (χ0n) is 44.2. The highest BCUT2D eigenvalue weighted by molar-refractivity contribution is 5.35. The van der Waals surface area contributed by atoms with Gasteiger partial charge in [0.05, 0.1) is 44.7 Å². The minimum atomic E-state index is -1.88. The molecular formula is C53H88O21. The van der Waals surface area contributed by atoms with Crippen LogP contribution in [0.2, 0.25) is 0 Å². The molecular weight excluding hydrogens is 973 g/mol. The van der Waals surface area contributed by atoms with Gasteiger partial charge in [0.2, 0.25) is 0 Å². The first-order chi connectivity index (χ1) is 34.6. The Morgan fingerprint density at radius 3 is 1.80 bits per heavy atom. The second-order valence-electron chi connectivity index (χ2n) is 26.0. The van der Waals surface area contributed by atoms with E-state index in [2.05, 4.69) is 54.5 Å². The topological polar surface area (TPSA) is 337 Å². The maximum atomic E-state index is 12.4. The van der Waals surface area contributed by atoms with Crippen molar-refractivity contribution in [3.05, 3.63) is 11.6 Å². The van der Waals surface area contributed by atoms with Gasteiger partial charge in [-0.25, -0.2) is 0 Å². The standard InChI is InChI=1S/C53H88O21/c1-23-33(58)37(62)40(65)44(68-23)74-43-39(64)35(60)27(20-55)70-47(43)71-28-21-67-46(42(36(28)61)73-45-41(66)38(63)34(59)26(19-54)69-45)72-32-12-13-50(6)29(49(32,4)5)11-14-51(7)30(50)10-9-24-25-17-48(2,3)15-16-53(25,22-56)31(57)18-52(24,51)8/h9,23,25-47,54-66H,10-22H2,1-8H3/t23-,25-,26+,27+,28-,29-,30+,31+,32-,33?,34+,35+,36-,37?,38-,39-,40?,41+,42+,43+,44-,45-,46-,47-,50-,51+,52+,53+/m0/s1. The van der Waals surface area contributed by atoms with E-state index in [0.29, 0.717) is 12.8 Å². The lowest BCUT2D eigenvalue weighted by molar-refractivity contribution is -0.394. The van der Waals surface area contributed by atoms with E-state index in [1.54, 1.807) is 0 Å². The van der Waals surface area contributed by atoms with Crippen molar-refractivity contribution in [2.45, 2.75) is 242 Å². The van der Waals surface area contributed by atoms with Crippen molar-refractivity contribution >= 4 is 0 Å². The van der Waals surface area contributed by atoms with Crippen molar-refractivity contribution in [1.29, 1.82) is 0 Å². The molecule has 74 heavy (non-hydrogen) atoms. The normalized spacial score (nSPS) is 55.2. The van der Waals surface area contributed by atoms with Crippen molar-refractivity contribution in [1.82, 2.24) is 0 Å². The first-order valence-electron chi connectivity index (χ1n) is 27.2. The van der Waals surface area contributed by atoms with Gasteiger partial charge < -0.3 is 104 Å². The smallest absolute Gasteiger partial charge is 0.187 e. The summed E-state index contributed by atoms with van der Waals surface area (Å²) in [6, 6.07) is 0. The molecule has 0 amide bonds. The average molecular weight is 1060 g/mol. The van der Waals surface area contributed by atoms with Crippen LogP contribution in [-0.2, 0) is 37.9 Å². The van der Waals surface area contributed by atoms with Crippen LogP contribution in [-0.4, -0.2) is 222 Å². The van der Waals surface area contributed by atoms with Crippen molar-refractivity contribution in [2.24, 2.45) is 50.2 Å². The lowest BCUT2D eigenvalue weighted by Crippen LogP contribution is -2.68. The Balaban J connectivity index is 0.973. The predicted molar refractivity (Wildman–Crippen MR) is 257 cm³/mol. The van der Waals surface area contributed by atoms with E-state index in [1.807, 2.05) is 0 Å². The highest BCUT2D eigenvalue weighted by atomic mass is 16.8. The Kier molecular flexibility index (Phi) is 16.2. The average Bonchev–Trinajstić information content (AvgIpc) is 3.34. The molecule has 5 aliphatic carbocycles. The maximum Gasteiger partial charge on any atom is 0.187 e. The fourth-order valence-electron chi connectivity index (χ4n) is 16.3. The third-order valence-electron chi connectivity index (χ3n) is 21.2. The summed E-state index contributed by atoms with van der Waals surface area (Å²) in [5.41, 5.74) is -0.177. The molecule has 9 rings (SSSR count). The molecule has 21 nitrogen and oxygen atoms in total. The molecule has 0 aromatic heterocycles. The van der Waals surface area contributed by atoms with Crippen molar-refractivity contribution < 1.29 is 104 Å². The minimum absolute atomic E-state index is 0.0346. The Hall–Kier alpha value is -1.10. The van der Waals surface area contributed by atoms with Crippen LogP contribution in [0.5, 0.6) is 0 Å². The number of ether oxygens (including phenoxy) is 8. The van der Waals surface area contributed by atoms with E-state index in [4.69, 9.17) is 37.9 Å². The van der Waals surface area contributed by atoms with Crippen molar-refractivity contribution in [3.8, 4) is 0 Å². The summed E-state index contributed by atoms with van der Waals surface area (Å²) in [7, 11) is 0. The van der Waals surface area contributed by atoms with Gasteiger partial charge >= 0.3 is 0 Å². The number of hydrogen-bond donors (Lipinski definition) is 13. The van der Waals surface area contributed by atoms with Gasteiger partial charge in [-0.15, -0.1) is 0 Å². The summed E-state index contributed by atoms with van der Waals surface area (Å²) < 4.78 is 49.0. The molecule has 0 aromatic rings. The van der Waals surface area contributed by atoms with Crippen LogP contribution in [0.25, 0.3) is 0 Å². The summed E-state index contributed by atoms with van der Waals surface area (Å²) in [6.07, 6.45) is -22.4. The van der Waals surface area contributed by atoms with Gasteiger partial charge in [-0.1, -0.05) is 60.1 Å². The summed E-state index contributed by atoms with van der Waals surface area (Å²) in [4.78, 5) is 0. The van der Waals surface area contributed by atoms with Crippen LogP contribution in [0.3, 0.4) is 0 Å². The molecule has 4 aliphatic heterocycles. The fraction of sp³-hybridized carbons (Fsp3) is 0.962. The Labute approximate surface area is 433 Å². The second kappa shape index (κ2) is 20.8. The lowest BCUT2D eigenvalue weighted by Gasteiger charge is -2.72. The van der Waals surface area contributed by atoms with Gasteiger partial charge in [-0.2, -0.15) is 0 Å². The Bertz CT molecular complexity index is 1990. The highest BCUT2D eigenvalue weighted by Gasteiger charge is 2.70. The summed E-state index contributed by atoms with van der Waals surface area (Å²) in [6.45, 7) is 15.6. The van der Waals surface area contributed by atoms with E-state index >= 15 is 0 Å². The number of aliphatic hydroxyl groups excluding tert-OH is 13. The van der Waals surface area contributed by atoms with Crippen LogP contribution in [0.4, 0.5) is 0 Å². The van der Waals surface area contributed by atoms with E-state index in [0.717, 1.165) is 44.9 Å². The van der Waals surface area contributed by atoms with Crippen molar-refractivity contribution in [3.63, 3.8) is 0 Å². The second-order valence-corrected chi connectivity index (χ2v) is 26.0. The van der Waals surface area contributed by atoms with Gasteiger partial charge in [-0.05, 0) is 110 Å². The fourth-order valence-corrected chi connectivity index (χ4v) is 16.3. The van der Waals surface area contributed by atoms with Crippen molar-refractivity contribution in [2.75, 3.05) is 26.4 Å². The number of rotatable bonds is 11. The molecule has 4 heterocycles. The number of aliphatic hydroxyl groups is 13. The molecule has 4 saturated carbocycles. The Morgan fingerprint density at radius 1 is 0.568 bits per heavy atom. The number of allylic oxidation sites excluding steroid dienone is 2. The molecule has 0 bridgehead atoms. The molecule has 426 valence electrons. The molecule has 4 saturated heterocycles. The van der Waals surface area contributed by atoms with Gasteiger partial charge in [0.1, 0.15) is 85.5 Å². The third-order valence-corrected chi connectivity index (χ3v) is 21.2. The van der Waals surface area contributed by atoms with Crippen LogP contribution < -0.4 is 0 Å². The quantitative estimate of drug-likeness (QED) is 0.0879. The van der Waals surface area contributed by atoms with Crippen LogP contribution in [0, 0.1) is 50.2 Å². The van der Waals surface area contributed by atoms with Crippen LogP contribution in [0.1, 0.15) is 113 Å². The maximum absolute atomic E-state index is 12.4. The molecule has 8 fully saturated rings. The summed E-state index contributed by atoms with van der Waals surface area (Å²) >= 11 is 0. The minimum Gasteiger partial charge on any atom is -0.396 e. The summed E-state index contributed by atoms with van der Waals surface area (Å²) in [5, 5.41) is 142. The molecule has 28 atom stereocenters. The molecule has 0 aromatic carbocycles. The van der Waals surface area contributed by atoms with Gasteiger partial charge in [0.25, 0.3) is 0 Å². The van der Waals surface area contributed by atoms with E-state index in [1.165, 1.54) is 12.5 Å². The zero-order chi connectivity index (χ0) is 54.0. The van der Waals surface area contributed by atoms with E-state index in [9.17, 15) is 66.4 Å². The van der Waals surface area contributed by atoms with E-state index in [-0.39, 0.29) is 46.0 Å². The van der Waals surface area contributed by atoms with Gasteiger partial charge in [0, 0.05) is 5.41 Å². The lowest BCUT2D eigenvalue weighted by atomic mass is 9.33. The van der Waals surface area contributed by atoms with Gasteiger partial charge in [-0.3, -0.25) is 0 Å². The highest BCUT2D eigenvalue weighted by Crippen LogP contribution is 2.76. The molecule has 13 N–H and O–H groups in total. The third kappa shape index (κ3) is 9.21. The molecule has 3 unspecified atom stereocenters. The summed E-state index contributed by atoms with van der Waals surface area (Å²) in [5.74, 6) is 0.484. The molecule has 9 aliphatic rings. The van der Waals surface area contributed by atoms with Crippen LogP contribution in [0.15, 0.2) is 11.6 Å². The zero-order valence-corrected chi connectivity index (χ0v) is 44.2. The van der Waals surface area contributed by atoms with E-state index < -0.39 is 160 Å². The van der Waals surface area contributed by atoms with Gasteiger partial charge in [0.15, 0.2) is 25.2 Å².